The Kier molecular flexibility index (Phi) is 5.35. The number of rotatable bonds is 6. The minimum absolute atomic E-state index is 0.0487. The summed E-state index contributed by atoms with van der Waals surface area (Å²) in [4.78, 5) is 20.6. The van der Waals surface area contributed by atoms with Gasteiger partial charge in [0.25, 0.3) is 0 Å². The van der Waals surface area contributed by atoms with E-state index in [1.165, 1.54) is 0 Å². The van der Waals surface area contributed by atoms with Crippen molar-refractivity contribution in [2.75, 3.05) is 19.5 Å². The number of benzene rings is 1. The number of carbonyl (C=O) groups is 1. The lowest BCUT2D eigenvalue weighted by Gasteiger charge is -2.07. The minimum Gasteiger partial charge on any atom is -0.493 e. The zero-order valence-electron chi connectivity index (χ0n) is 15.6. The lowest BCUT2D eigenvalue weighted by atomic mass is 10.1. The van der Waals surface area contributed by atoms with Crippen LogP contribution in [-0.4, -0.2) is 35.3 Å². The Morgan fingerprint density at radius 3 is 2.41 bits per heavy atom. The molecule has 0 aliphatic rings. The SMILES string of the molecule is COc1ccc(-c2cc(CC(=O)Nc3nc(C)cc(C)n3)no2)cc1OC. The molecule has 1 amide bonds. The standard InChI is InChI=1S/C19H20N4O4/c1-11-7-12(2)21-19(20-11)22-18(24)10-14-9-16(27-23-14)13-5-6-15(25-3)17(8-13)26-4/h5-9H,10H2,1-4H3,(H,20,21,22,24). The van der Waals surface area contributed by atoms with Crippen molar-refractivity contribution >= 4 is 11.9 Å². The monoisotopic (exact) mass is 368 g/mol. The molecule has 0 spiro atoms. The number of hydrogen-bond acceptors (Lipinski definition) is 7. The molecule has 0 saturated carbocycles. The van der Waals surface area contributed by atoms with Crippen molar-refractivity contribution in [3.8, 4) is 22.8 Å². The van der Waals surface area contributed by atoms with Gasteiger partial charge in [-0.05, 0) is 38.1 Å². The average Bonchev–Trinajstić information content (AvgIpc) is 3.08. The van der Waals surface area contributed by atoms with E-state index >= 15 is 0 Å². The van der Waals surface area contributed by atoms with Crippen LogP contribution in [0.25, 0.3) is 11.3 Å². The van der Waals surface area contributed by atoms with Crippen molar-refractivity contribution in [3.63, 3.8) is 0 Å². The van der Waals surface area contributed by atoms with Gasteiger partial charge in [0.05, 0.1) is 26.3 Å². The molecule has 140 valence electrons. The highest BCUT2D eigenvalue weighted by Crippen LogP contribution is 2.32. The molecular weight excluding hydrogens is 348 g/mol. The number of anilines is 1. The van der Waals surface area contributed by atoms with E-state index in [4.69, 9.17) is 14.0 Å². The summed E-state index contributed by atoms with van der Waals surface area (Å²) in [6, 6.07) is 8.94. The Bertz CT molecular complexity index is 948. The summed E-state index contributed by atoms with van der Waals surface area (Å²) in [7, 11) is 3.13. The molecule has 1 aromatic carbocycles. The van der Waals surface area contributed by atoms with Crippen LogP contribution in [0.4, 0.5) is 5.95 Å². The highest BCUT2D eigenvalue weighted by molar-refractivity contribution is 5.90. The lowest BCUT2D eigenvalue weighted by Crippen LogP contribution is -2.17. The summed E-state index contributed by atoms with van der Waals surface area (Å²) in [6.07, 6.45) is 0.0487. The molecule has 2 aromatic heterocycles. The molecule has 3 aromatic rings. The van der Waals surface area contributed by atoms with Gasteiger partial charge in [0, 0.05) is 23.0 Å². The Morgan fingerprint density at radius 2 is 1.74 bits per heavy atom. The highest BCUT2D eigenvalue weighted by atomic mass is 16.5. The van der Waals surface area contributed by atoms with Crippen LogP contribution in [0, 0.1) is 13.8 Å². The van der Waals surface area contributed by atoms with Gasteiger partial charge in [-0.15, -0.1) is 0 Å². The van der Waals surface area contributed by atoms with E-state index < -0.39 is 0 Å². The topological polar surface area (TPSA) is 99.4 Å². The second-order valence-electron chi connectivity index (χ2n) is 5.95. The van der Waals surface area contributed by atoms with Crippen LogP contribution in [0.15, 0.2) is 34.9 Å². The van der Waals surface area contributed by atoms with E-state index in [1.54, 1.807) is 32.4 Å². The first-order valence-electron chi connectivity index (χ1n) is 8.28. The first kappa shape index (κ1) is 18.4. The third-order valence-electron chi connectivity index (χ3n) is 3.80. The average molecular weight is 368 g/mol. The predicted molar refractivity (Wildman–Crippen MR) is 98.9 cm³/mol. The molecule has 0 aliphatic heterocycles. The van der Waals surface area contributed by atoms with Crippen LogP contribution in [0.3, 0.4) is 0 Å². The van der Waals surface area contributed by atoms with Crippen LogP contribution in [-0.2, 0) is 11.2 Å². The summed E-state index contributed by atoms with van der Waals surface area (Å²) in [5, 5.41) is 6.63. The maximum absolute atomic E-state index is 12.2. The third-order valence-corrected chi connectivity index (χ3v) is 3.80. The molecule has 1 N–H and O–H groups in total. The number of nitrogens with zero attached hydrogens (tertiary/aromatic N) is 3. The van der Waals surface area contributed by atoms with Crippen LogP contribution in [0.2, 0.25) is 0 Å². The predicted octanol–water partition coefficient (Wildman–Crippen LogP) is 2.95. The molecule has 27 heavy (non-hydrogen) atoms. The molecule has 8 nitrogen and oxygen atoms in total. The van der Waals surface area contributed by atoms with Gasteiger partial charge in [0.15, 0.2) is 17.3 Å². The molecule has 0 atom stereocenters. The molecule has 2 heterocycles. The number of hydrogen-bond donors (Lipinski definition) is 1. The molecule has 0 fully saturated rings. The van der Waals surface area contributed by atoms with Crippen molar-refractivity contribution in [2.45, 2.75) is 20.3 Å². The quantitative estimate of drug-likeness (QED) is 0.714. The second-order valence-corrected chi connectivity index (χ2v) is 5.95. The number of ether oxygens (including phenoxy) is 2. The van der Waals surface area contributed by atoms with Crippen molar-refractivity contribution in [1.29, 1.82) is 0 Å². The fraction of sp³-hybridized carbons (Fsp3) is 0.263. The van der Waals surface area contributed by atoms with E-state index in [0.29, 0.717) is 23.0 Å². The molecule has 8 heteroatoms. The van der Waals surface area contributed by atoms with Gasteiger partial charge in [0.2, 0.25) is 11.9 Å². The molecule has 0 saturated heterocycles. The molecule has 3 rings (SSSR count). The van der Waals surface area contributed by atoms with Gasteiger partial charge in [-0.2, -0.15) is 0 Å². The maximum atomic E-state index is 12.2. The minimum atomic E-state index is -0.271. The second kappa shape index (κ2) is 7.86. The molecule has 0 unspecified atom stereocenters. The first-order chi connectivity index (χ1) is 13.0. The smallest absolute Gasteiger partial charge is 0.232 e. The van der Waals surface area contributed by atoms with E-state index in [2.05, 4.69) is 20.4 Å². The van der Waals surface area contributed by atoms with Crippen LogP contribution >= 0.6 is 0 Å². The molecule has 0 radical (unpaired) electrons. The van der Waals surface area contributed by atoms with E-state index in [0.717, 1.165) is 17.0 Å². The number of methoxy groups -OCH3 is 2. The normalized spacial score (nSPS) is 10.5. The van der Waals surface area contributed by atoms with Crippen LogP contribution in [0.5, 0.6) is 11.5 Å². The van der Waals surface area contributed by atoms with E-state index in [-0.39, 0.29) is 18.3 Å². The zero-order chi connectivity index (χ0) is 19.4. The van der Waals surface area contributed by atoms with Gasteiger partial charge in [-0.1, -0.05) is 5.16 Å². The summed E-state index contributed by atoms with van der Waals surface area (Å²) in [5.74, 6) is 1.74. The Hall–Kier alpha value is -3.42. The Balaban J connectivity index is 1.71. The third kappa shape index (κ3) is 4.41. The summed E-state index contributed by atoms with van der Waals surface area (Å²) in [6.45, 7) is 3.69. The Labute approximate surface area is 156 Å². The molecule has 0 bridgehead atoms. The number of aromatic nitrogens is 3. The number of amides is 1. The van der Waals surface area contributed by atoms with Crippen molar-refractivity contribution in [1.82, 2.24) is 15.1 Å². The van der Waals surface area contributed by atoms with Gasteiger partial charge >= 0.3 is 0 Å². The fourth-order valence-corrected chi connectivity index (χ4v) is 2.64. The van der Waals surface area contributed by atoms with E-state index in [9.17, 15) is 4.79 Å². The number of nitrogens with one attached hydrogen (secondary N) is 1. The summed E-state index contributed by atoms with van der Waals surface area (Å²) in [5.41, 5.74) is 2.84. The summed E-state index contributed by atoms with van der Waals surface area (Å²) >= 11 is 0. The highest BCUT2D eigenvalue weighted by Gasteiger charge is 2.14. The largest absolute Gasteiger partial charge is 0.493 e. The van der Waals surface area contributed by atoms with Crippen molar-refractivity contribution in [2.24, 2.45) is 0 Å². The van der Waals surface area contributed by atoms with E-state index in [1.807, 2.05) is 26.0 Å². The van der Waals surface area contributed by atoms with Crippen molar-refractivity contribution in [3.05, 3.63) is 47.4 Å². The van der Waals surface area contributed by atoms with Crippen LogP contribution in [0.1, 0.15) is 17.1 Å². The van der Waals surface area contributed by atoms with Gasteiger partial charge in [-0.3, -0.25) is 10.1 Å². The number of carbonyl (C=O) groups excluding carboxylic acids is 1. The molecule has 0 aliphatic carbocycles. The maximum Gasteiger partial charge on any atom is 0.232 e. The van der Waals surface area contributed by atoms with Gasteiger partial charge in [-0.25, -0.2) is 9.97 Å². The van der Waals surface area contributed by atoms with Crippen LogP contribution < -0.4 is 14.8 Å². The number of aryl methyl sites for hydroxylation is 2. The van der Waals surface area contributed by atoms with Crippen molar-refractivity contribution < 1.29 is 18.8 Å². The van der Waals surface area contributed by atoms with Gasteiger partial charge in [0.1, 0.15) is 0 Å². The zero-order valence-corrected chi connectivity index (χ0v) is 15.6. The lowest BCUT2D eigenvalue weighted by molar-refractivity contribution is -0.115. The summed E-state index contributed by atoms with van der Waals surface area (Å²) < 4.78 is 15.9. The molecular formula is C19H20N4O4. The Morgan fingerprint density at radius 1 is 1.04 bits per heavy atom. The first-order valence-corrected chi connectivity index (χ1v) is 8.28. The fourth-order valence-electron chi connectivity index (χ4n) is 2.64. The van der Waals surface area contributed by atoms with Gasteiger partial charge < -0.3 is 14.0 Å².